The minimum atomic E-state index is -0.248. The molecule has 2 atom stereocenters. The minimum absolute atomic E-state index is 0.140. The Labute approximate surface area is 124 Å². The van der Waals surface area contributed by atoms with E-state index in [-0.39, 0.29) is 11.9 Å². The van der Waals surface area contributed by atoms with Gasteiger partial charge >= 0.3 is 0 Å². The summed E-state index contributed by atoms with van der Waals surface area (Å²) in [5.74, 6) is 1.15. The SMILES string of the molecule is Cc1nccn1[C@H]1CCCN(C(=O)[C@@H](C)n2cccn2)C1. The first-order valence-corrected chi connectivity index (χ1v) is 7.44. The van der Waals surface area contributed by atoms with Gasteiger partial charge in [-0.25, -0.2) is 4.98 Å². The molecule has 0 saturated carbocycles. The molecule has 0 aromatic carbocycles. The van der Waals surface area contributed by atoms with E-state index in [4.69, 9.17) is 0 Å². The van der Waals surface area contributed by atoms with Crippen LogP contribution in [-0.4, -0.2) is 43.2 Å². The first-order chi connectivity index (χ1) is 10.2. The van der Waals surface area contributed by atoms with Gasteiger partial charge in [0.1, 0.15) is 11.9 Å². The highest BCUT2D eigenvalue weighted by atomic mass is 16.2. The highest BCUT2D eigenvalue weighted by Gasteiger charge is 2.28. The fourth-order valence-corrected chi connectivity index (χ4v) is 3.04. The van der Waals surface area contributed by atoms with Gasteiger partial charge in [0, 0.05) is 37.9 Å². The Bertz CT molecular complexity index is 603. The molecule has 112 valence electrons. The Morgan fingerprint density at radius 3 is 2.90 bits per heavy atom. The summed E-state index contributed by atoms with van der Waals surface area (Å²) in [5.41, 5.74) is 0. The molecule has 0 bridgehead atoms. The highest BCUT2D eigenvalue weighted by molar-refractivity contribution is 5.80. The second-order valence-corrected chi connectivity index (χ2v) is 5.62. The van der Waals surface area contributed by atoms with Crippen molar-refractivity contribution in [3.05, 3.63) is 36.7 Å². The Morgan fingerprint density at radius 1 is 1.38 bits per heavy atom. The van der Waals surface area contributed by atoms with Crippen LogP contribution in [0.25, 0.3) is 0 Å². The van der Waals surface area contributed by atoms with Crippen LogP contribution >= 0.6 is 0 Å². The number of aryl methyl sites for hydroxylation is 1. The number of likely N-dealkylation sites (tertiary alicyclic amines) is 1. The Morgan fingerprint density at radius 2 is 2.24 bits per heavy atom. The van der Waals surface area contributed by atoms with Gasteiger partial charge in [-0.1, -0.05) is 0 Å². The van der Waals surface area contributed by atoms with Gasteiger partial charge in [-0.3, -0.25) is 9.48 Å². The van der Waals surface area contributed by atoms with Gasteiger partial charge in [0.25, 0.3) is 0 Å². The molecule has 1 fully saturated rings. The number of hydrogen-bond donors (Lipinski definition) is 0. The number of piperidine rings is 1. The van der Waals surface area contributed by atoms with Crippen LogP contribution in [0.4, 0.5) is 0 Å². The molecule has 0 radical (unpaired) electrons. The molecule has 3 heterocycles. The van der Waals surface area contributed by atoms with E-state index in [2.05, 4.69) is 14.6 Å². The summed E-state index contributed by atoms with van der Waals surface area (Å²) in [7, 11) is 0. The molecule has 0 unspecified atom stereocenters. The molecular weight excluding hydrogens is 266 g/mol. The largest absolute Gasteiger partial charge is 0.339 e. The van der Waals surface area contributed by atoms with Crippen LogP contribution in [0.15, 0.2) is 30.9 Å². The van der Waals surface area contributed by atoms with Crippen molar-refractivity contribution in [3.63, 3.8) is 0 Å². The van der Waals surface area contributed by atoms with E-state index in [0.29, 0.717) is 6.04 Å². The lowest BCUT2D eigenvalue weighted by atomic mass is 10.0. The van der Waals surface area contributed by atoms with E-state index in [1.165, 1.54) is 0 Å². The van der Waals surface area contributed by atoms with Gasteiger partial charge in [-0.15, -0.1) is 0 Å². The van der Waals surface area contributed by atoms with E-state index < -0.39 is 0 Å². The molecular formula is C15H21N5O. The van der Waals surface area contributed by atoms with Crippen LogP contribution in [0.1, 0.15) is 37.7 Å². The summed E-state index contributed by atoms with van der Waals surface area (Å²) in [6, 6.07) is 1.93. The maximum absolute atomic E-state index is 12.6. The number of carbonyl (C=O) groups excluding carboxylic acids is 1. The molecule has 3 rings (SSSR count). The van der Waals surface area contributed by atoms with E-state index in [1.807, 2.05) is 43.4 Å². The van der Waals surface area contributed by atoms with Crippen LogP contribution in [0.3, 0.4) is 0 Å². The van der Waals surface area contributed by atoms with Crippen LogP contribution in [0, 0.1) is 6.92 Å². The Balaban J connectivity index is 1.71. The van der Waals surface area contributed by atoms with Gasteiger partial charge in [0.15, 0.2) is 0 Å². The van der Waals surface area contributed by atoms with Crippen molar-refractivity contribution in [1.29, 1.82) is 0 Å². The lowest BCUT2D eigenvalue weighted by Gasteiger charge is -2.35. The third-order valence-corrected chi connectivity index (χ3v) is 4.24. The smallest absolute Gasteiger partial charge is 0.247 e. The molecule has 21 heavy (non-hydrogen) atoms. The number of imidazole rings is 1. The van der Waals surface area contributed by atoms with Crippen LogP contribution < -0.4 is 0 Å². The summed E-state index contributed by atoms with van der Waals surface area (Å²) < 4.78 is 3.90. The Kier molecular flexibility index (Phi) is 3.77. The van der Waals surface area contributed by atoms with E-state index in [0.717, 1.165) is 31.8 Å². The summed E-state index contributed by atoms with van der Waals surface area (Å²) in [6.45, 7) is 5.49. The number of aromatic nitrogens is 4. The van der Waals surface area contributed by atoms with E-state index in [9.17, 15) is 4.79 Å². The second kappa shape index (κ2) is 5.71. The van der Waals surface area contributed by atoms with E-state index >= 15 is 0 Å². The number of rotatable bonds is 3. The number of hydrogen-bond acceptors (Lipinski definition) is 3. The molecule has 6 nitrogen and oxygen atoms in total. The van der Waals surface area contributed by atoms with Gasteiger partial charge in [0.2, 0.25) is 5.91 Å². The first-order valence-electron chi connectivity index (χ1n) is 7.44. The van der Waals surface area contributed by atoms with Gasteiger partial charge in [-0.05, 0) is 32.8 Å². The molecule has 2 aromatic heterocycles. The third kappa shape index (κ3) is 2.70. The quantitative estimate of drug-likeness (QED) is 0.865. The molecule has 1 aliphatic rings. The standard InChI is InChI=1S/C15H21N5O/c1-12(20-9-4-6-17-20)15(21)18-8-3-5-14(11-18)19-10-7-16-13(19)2/h4,6-7,9-10,12,14H,3,5,8,11H2,1-2H3/t12-,14+/m1/s1. The molecule has 6 heteroatoms. The van der Waals surface area contributed by atoms with Gasteiger partial charge in [-0.2, -0.15) is 5.10 Å². The maximum Gasteiger partial charge on any atom is 0.247 e. The van der Waals surface area contributed by atoms with Crippen molar-refractivity contribution in [2.24, 2.45) is 0 Å². The topological polar surface area (TPSA) is 56.0 Å². The maximum atomic E-state index is 12.6. The average molecular weight is 287 g/mol. The average Bonchev–Trinajstić information content (AvgIpc) is 3.17. The lowest BCUT2D eigenvalue weighted by Crippen LogP contribution is -2.43. The summed E-state index contributed by atoms with van der Waals surface area (Å²) in [6.07, 6.45) is 9.49. The molecule has 1 saturated heterocycles. The fraction of sp³-hybridized carbons (Fsp3) is 0.533. The van der Waals surface area contributed by atoms with Crippen molar-refractivity contribution in [3.8, 4) is 0 Å². The van der Waals surface area contributed by atoms with E-state index in [1.54, 1.807) is 10.9 Å². The normalized spacial score (nSPS) is 20.5. The fourth-order valence-electron chi connectivity index (χ4n) is 3.04. The van der Waals surface area contributed by atoms with Crippen LogP contribution in [0.2, 0.25) is 0 Å². The highest BCUT2D eigenvalue weighted by Crippen LogP contribution is 2.24. The zero-order valence-corrected chi connectivity index (χ0v) is 12.5. The van der Waals surface area contributed by atoms with Crippen LogP contribution in [-0.2, 0) is 4.79 Å². The van der Waals surface area contributed by atoms with Crippen molar-refractivity contribution in [2.45, 2.75) is 38.8 Å². The first kappa shape index (κ1) is 13.9. The zero-order chi connectivity index (χ0) is 14.8. The minimum Gasteiger partial charge on any atom is -0.339 e. The van der Waals surface area contributed by atoms with Gasteiger partial charge in [0.05, 0.1) is 6.04 Å². The predicted octanol–water partition coefficient (Wildman–Crippen LogP) is 1.81. The summed E-state index contributed by atoms with van der Waals surface area (Å²) >= 11 is 0. The van der Waals surface area contributed by atoms with Crippen molar-refractivity contribution >= 4 is 5.91 Å². The molecule has 0 spiro atoms. The summed E-state index contributed by atoms with van der Waals surface area (Å²) in [5, 5.41) is 4.17. The molecule has 0 N–H and O–H groups in total. The van der Waals surface area contributed by atoms with Crippen molar-refractivity contribution in [1.82, 2.24) is 24.2 Å². The monoisotopic (exact) mass is 287 g/mol. The molecule has 1 aliphatic heterocycles. The molecule has 0 aliphatic carbocycles. The molecule has 1 amide bonds. The Hall–Kier alpha value is -2.11. The number of nitrogens with zero attached hydrogens (tertiary/aromatic N) is 5. The lowest BCUT2D eigenvalue weighted by molar-refractivity contribution is -0.136. The second-order valence-electron chi connectivity index (χ2n) is 5.62. The van der Waals surface area contributed by atoms with Crippen molar-refractivity contribution in [2.75, 3.05) is 13.1 Å². The third-order valence-electron chi connectivity index (χ3n) is 4.24. The predicted molar refractivity (Wildman–Crippen MR) is 78.8 cm³/mol. The summed E-state index contributed by atoms with van der Waals surface area (Å²) in [4.78, 5) is 18.9. The number of carbonyl (C=O) groups is 1. The van der Waals surface area contributed by atoms with Crippen LogP contribution in [0.5, 0.6) is 0 Å². The molecule has 2 aromatic rings. The zero-order valence-electron chi connectivity index (χ0n) is 12.5. The van der Waals surface area contributed by atoms with Crippen molar-refractivity contribution < 1.29 is 4.79 Å². The number of amides is 1. The van der Waals surface area contributed by atoms with Gasteiger partial charge < -0.3 is 9.47 Å².